The van der Waals surface area contributed by atoms with Crippen LogP contribution in [0, 0.1) is 5.41 Å². The lowest BCUT2D eigenvalue weighted by Gasteiger charge is -2.03. The number of hydrogen-bond acceptors (Lipinski definition) is 4. The second kappa shape index (κ2) is 3.32. The van der Waals surface area contributed by atoms with E-state index in [1.807, 2.05) is 11.4 Å². The Morgan fingerprint density at radius 2 is 2.20 bits per heavy atom. The van der Waals surface area contributed by atoms with Gasteiger partial charge in [0.2, 0.25) is 0 Å². The molecular formula is C11H15NO2S. The number of thiophene rings is 1. The molecule has 1 heterocycles. The Balaban J connectivity index is 2.32. The van der Waals surface area contributed by atoms with Crippen molar-refractivity contribution in [3.05, 3.63) is 21.9 Å². The molecular weight excluding hydrogens is 210 g/mol. The third kappa shape index (κ3) is 1.48. The summed E-state index contributed by atoms with van der Waals surface area (Å²) in [5, 5.41) is 1.92. The maximum absolute atomic E-state index is 11.5. The highest BCUT2D eigenvalue weighted by Gasteiger charge is 2.57. The average molecular weight is 225 g/mol. The standard InChI is InChI=1S/C11H15NO2S/c1-11(2)7(9(11)12)6-4-5-15-8(6)10(13)14-3/h4-5,7,9H,12H2,1-3H3/t7-,9-/m1/s1. The number of carbonyl (C=O) groups is 1. The molecule has 0 bridgehead atoms. The Hall–Kier alpha value is -0.870. The van der Waals surface area contributed by atoms with Gasteiger partial charge in [0.1, 0.15) is 4.88 Å². The van der Waals surface area contributed by atoms with Gasteiger partial charge >= 0.3 is 5.97 Å². The number of hydrogen-bond donors (Lipinski definition) is 1. The van der Waals surface area contributed by atoms with Crippen LogP contribution in [0.4, 0.5) is 0 Å². The Labute approximate surface area is 93.2 Å². The number of esters is 1. The molecule has 1 aromatic heterocycles. The summed E-state index contributed by atoms with van der Waals surface area (Å²) in [6.07, 6.45) is 0. The maximum atomic E-state index is 11.5. The molecule has 0 spiro atoms. The predicted octanol–water partition coefficient (Wildman–Crippen LogP) is 1.99. The highest BCUT2D eigenvalue weighted by molar-refractivity contribution is 7.12. The highest BCUT2D eigenvalue weighted by atomic mass is 32.1. The molecule has 1 fully saturated rings. The fraction of sp³-hybridized carbons (Fsp3) is 0.545. The molecule has 2 N–H and O–H groups in total. The van der Waals surface area contributed by atoms with Gasteiger partial charge in [-0.15, -0.1) is 11.3 Å². The molecule has 2 atom stereocenters. The van der Waals surface area contributed by atoms with Crippen molar-refractivity contribution in [3.63, 3.8) is 0 Å². The van der Waals surface area contributed by atoms with E-state index in [1.165, 1.54) is 18.4 Å². The minimum Gasteiger partial charge on any atom is -0.465 e. The van der Waals surface area contributed by atoms with Gasteiger partial charge < -0.3 is 10.5 Å². The largest absolute Gasteiger partial charge is 0.465 e. The lowest BCUT2D eigenvalue weighted by molar-refractivity contribution is 0.0605. The number of ether oxygens (including phenoxy) is 1. The van der Waals surface area contributed by atoms with Crippen LogP contribution in [-0.4, -0.2) is 19.1 Å². The molecule has 1 aliphatic rings. The van der Waals surface area contributed by atoms with Gasteiger partial charge in [0.25, 0.3) is 0 Å². The van der Waals surface area contributed by atoms with E-state index >= 15 is 0 Å². The van der Waals surface area contributed by atoms with Crippen LogP contribution in [0.15, 0.2) is 11.4 Å². The molecule has 82 valence electrons. The third-order valence-electron chi connectivity index (χ3n) is 3.31. The van der Waals surface area contributed by atoms with Crippen molar-refractivity contribution in [2.75, 3.05) is 7.11 Å². The zero-order chi connectivity index (χ0) is 11.2. The van der Waals surface area contributed by atoms with Gasteiger partial charge in [-0.3, -0.25) is 0 Å². The van der Waals surface area contributed by atoms with Crippen molar-refractivity contribution in [2.24, 2.45) is 11.1 Å². The SMILES string of the molecule is COC(=O)c1sccc1[C@@H]1[C@@H](N)C1(C)C. The van der Waals surface area contributed by atoms with E-state index in [9.17, 15) is 4.79 Å². The first-order valence-corrected chi connectivity index (χ1v) is 5.79. The lowest BCUT2D eigenvalue weighted by atomic mass is 10.0. The van der Waals surface area contributed by atoms with Crippen molar-refractivity contribution >= 4 is 17.3 Å². The summed E-state index contributed by atoms with van der Waals surface area (Å²) in [7, 11) is 1.41. The fourth-order valence-corrected chi connectivity index (χ4v) is 2.96. The van der Waals surface area contributed by atoms with Gasteiger partial charge in [-0.25, -0.2) is 4.79 Å². The van der Waals surface area contributed by atoms with Gasteiger partial charge in [0, 0.05) is 12.0 Å². The molecule has 1 aliphatic carbocycles. The number of methoxy groups -OCH3 is 1. The molecule has 0 aliphatic heterocycles. The molecule has 0 saturated heterocycles. The fourth-order valence-electron chi connectivity index (χ4n) is 2.09. The van der Waals surface area contributed by atoms with Gasteiger partial charge in [-0.2, -0.15) is 0 Å². The van der Waals surface area contributed by atoms with Crippen molar-refractivity contribution < 1.29 is 9.53 Å². The van der Waals surface area contributed by atoms with Gasteiger partial charge in [-0.05, 0) is 22.4 Å². The van der Waals surface area contributed by atoms with Crippen LogP contribution in [0.25, 0.3) is 0 Å². The quantitative estimate of drug-likeness (QED) is 0.783. The molecule has 1 aromatic rings. The predicted molar refractivity (Wildman–Crippen MR) is 60.2 cm³/mol. The molecule has 15 heavy (non-hydrogen) atoms. The zero-order valence-electron chi connectivity index (χ0n) is 9.11. The smallest absolute Gasteiger partial charge is 0.348 e. The Bertz CT molecular complexity index is 397. The van der Waals surface area contributed by atoms with E-state index in [0.29, 0.717) is 4.88 Å². The summed E-state index contributed by atoms with van der Waals surface area (Å²) in [6, 6.07) is 2.13. The monoisotopic (exact) mass is 225 g/mol. The minimum absolute atomic E-state index is 0.101. The normalized spacial score (nSPS) is 27.5. The van der Waals surface area contributed by atoms with Crippen molar-refractivity contribution in [1.29, 1.82) is 0 Å². The Morgan fingerprint density at radius 1 is 1.60 bits per heavy atom. The minimum atomic E-state index is -0.255. The first-order valence-electron chi connectivity index (χ1n) is 4.91. The first-order chi connectivity index (χ1) is 7.00. The van der Waals surface area contributed by atoms with Crippen LogP contribution in [0.3, 0.4) is 0 Å². The van der Waals surface area contributed by atoms with Crippen LogP contribution in [0.2, 0.25) is 0 Å². The summed E-state index contributed by atoms with van der Waals surface area (Å²) in [5.74, 6) is 0.0350. The molecule has 0 unspecified atom stereocenters. The van der Waals surface area contributed by atoms with E-state index < -0.39 is 0 Å². The van der Waals surface area contributed by atoms with Crippen molar-refractivity contribution in [3.8, 4) is 0 Å². The highest BCUT2D eigenvalue weighted by Crippen LogP contribution is 2.58. The van der Waals surface area contributed by atoms with Crippen LogP contribution < -0.4 is 5.73 Å². The molecule has 0 aromatic carbocycles. The molecule has 0 radical (unpaired) electrons. The molecule has 3 nitrogen and oxygen atoms in total. The second-order valence-corrected chi connectivity index (χ2v) is 5.44. The number of rotatable bonds is 2. The van der Waals surface area contributed by atoms with Crippen LogP contribution in [0.5, 0.6) is 0 Å². The first kappa shape index (κ1) is 10.6. The van der Waals surface area contributed by atoms with Gasteiger partial charge in [-0.1, -0.05) is 13.8 Å². The van der Waals surface area contributed by atoms with Crippen LogP contribution >= 0.6 is 11.3 Å². The van der Waals surface area contributed by atoms with E-state index in [4.69, 9.17) is 10.5 Å². The van der Waals surface area contributed by atoms with Crippen LogP contribution in [-0.2, 0) is 4.74 Å². The Kier molecular flexibility index (Phi) is 2.35. The average Bonchev–Trinajstić information content (AvgIpc) is 2.57. The molecule has 0 amide bonds. The number of carbonyl (C=O) groups excluding carboxylic acids is 1. The molecule has 1 saturated carbocycles. The summed E-state index contributed by atoms with van der Waals surface area (Å²) >= 11 is 1.42. The number of nitrogens with two attached hydrogens (primary N) is 1. The topological polar surface area (TPSA) is 52.3 Å². The van der Waals surface area contributed by atoms with E-state index in [2.05, 4.69) is 13.8 Å². The lowest BCUT2D eigenvalue weighted by Crippen LogP contribution is -2.07. The Morgan fingerprint density at radius 3 is 2.67 bits per heavy atom. The van der Waals surface area contributed by atoms with Crippen molar-refractivity contribution in [2.45, 2.75) is 25.8 Å². The van der Waals surface area contributed by atoms with Crippen molar-refractivity contribution in [1.82, 2.24) is 0 Å². The van der Waals surface area contributed by atoms with E-state index in [0.717, 1.165) is 5.56 Å². The third-order valence-corrected chi connectivity index (χ3v) is 4.22. The van der Waals surface area contributed by atoms with Gasteiger partial charge in [0.15, 0.2) is 0 Å². The summed E-state index contributed by atoms with van der Waals surface area (Å²) < 4.78 is 4.75. The molecule has 2 rings (SSSR count). The zero-order valence-corrected chi connectivity index (χ0v) is 9.93. The summed E-state index contributed by atoms with van der Waals surface area (Å²) in [6.45, 7) is 4.25. The molecule has 4 heteroatoms. The second-order valence-electron chi connectivity index (χ2n) is 4.52. The van der Waals surface area contributed by atoms with E-state index in [1.54, 1.807) is 0 Å². The van der Waals surface area contributed by atoms with E-state index in [-0.39, 0.29) is 23.3 Å². The van der Waals surface area contributed by atoms with Gasteiger partial charge in [0.05, 0.1) is 7.11 Å². The summed E-state index contributed by atoms with van der Waals surface area (Å²) in [5.41, 5.74) is 7.15. The summed E-state index contributed by atoms with van der Waals surface area (Å²) in [4.78, 5) is 12.2. The maximum Gasteiger partial charge on any atom is 0.348 e. The van der Waals surface area contributed by atoms with Crippen LogP contribution in [0.1, 0.15) is 35.0 Å².